The summed E-state index contributed by atoms with van der Waals surface area (Å²) in [5.74, 6) is -1.99. The Balaban J connectivity index is 1.68. The molecule has 1 aliphatic heterocycles. The second kappa shape index (κ2) is 11.5. The maximum atomic E-state index is 13.5. The van der Waals surface area contributed by atoms with E-state index in [4.69, 9.17) is 4.74 Å². The van der Waals surface area contributed by atoms with Crippen LogP contribution in [0.15, 0.2) is 41.3 Å². The van der Waals surface area contributed by atoms with Crippen LogP contribution in [-0.4, -0.2) is 89.8 Å². The van der Waals surface area contributed by atoms with E-state index in [0.717, 1.165) is 23.2 Å². The topological polar surface area (TPSA) is 117 Å². The standard InChI is InChI=1S/C26H30FN5O5/c1-30(2)21(33)16-32-20-14-18(13-17-3-5-19(27)6-4-17)15-29-23(20)24(34)22(26(32)36)25(35)28-7-8-31-9-11-37-12-10-31/h3-6,14-15,34H,7-13,16H2,1-2H3,(H,28,35). The van der Waals surface area contributed by atoms with Crippen LogP contribution in [0.25, 0.3) is 11.0 Å². The highest BCUT2D eigenvalue weighted by Crippen LogP contribution is 2.26. The number of carbonyl (C=O) groups is 2. The molecule has 0 unspecified atom stereocenters. The van der Waals surface area contributed by atoms with Crippen molar-refractivity contribution in [3.63, 3.8) is 0 Å². The van der Waals surface area contributed by atoms with E-state index >= 15 is 0 Å². The van der Waals surface area contributed by atoms with Gasteiger partial charge in [0.15, 0.2) is 5.75 Å². The first kappa shape index (κ1) is 26.2. The van der Waals surface area contributed by atoms with Crippen LogP contribution >= 0.6 is 0 Å². The lowest BCUT2D eigenvalue weighted by atomic mass is 10.1. The summed E-state index contributed by atoms with van der Waals surface area (Å²) in [6.07, 6.45) is 1.91. The number of pyridine rings is 2. The van der Waals surface area contributed by atoms with E-state index in [1.165, 1.54) is 23.2 Å². The number of amides is 2. The number of hydrogen-bond acceptors (Lipinski definition) is 7. The zero-order valence-electron chi connectivity index (χ0n) is 20.9. The molecule has 0 saturated carbocycles. The van der Waals surface area contributed by atoms with Crippen molar-refractivity contribution in [1.82, 2.24) is 24.7 Å². The van der Waals surface area contributed by atoms with Crippen molar-refractivity contribution in [1.29, 1.82) is 0 Å². The Morgan fingerprint density at radius 2 is 1.86 bits per heavy atom. The van der Waals surface area contributed by atoms with Crippen LogP contribution in [0.4, 0.5) is 4.39 Å². The third kappa shape index (κ3) is 6.12. The molecule has 1 aliphatic rings. The van der Waals surface area contributed by atoms with Gasteiger partial charge in [0.2, 0.25) is 5.91 Å². The largest absolute Gasteiger partial charge is 0.505 e. The van der Waals surface area contributed by atoms with Crippen molar-refractivity contribution < 1.29 is 23.8 Å². The Kier molecular flexibility index (Phi) is 8.14. The molecule has 3 aromatic rings. The summed E-state index contributed by atoms with van der Waals surface area (Å²) >= 11 is 0. The van der Waals surface area contributed by atoms with E-state index in [1.807, 2.05) is 0 Å². The van der Waals surface area contributed by atoms with Crippen molar-refractivity contribution in [2.75, 3.05) is 53.5 Å². The number of ether oxygens (including phenoxy) is 1. The summed E-state index contributed by atoms with van der Waals surface area (Å²) in [4.78, 5) is 46.8. The number of halogens is 1. The molecule has 3 heterocycles. The number of hydrogen-bond donors (Lipinski definition) is 2. The minimum atomic E-state index is -0.787. The second-order valence-electron chi connectivity index (χ2n) is 9.13. The number of rotatable bonds is 8. The second-order valence-corrected chi connectivity index (χ2v) is 9.13. The molecule has 2 amide bonds. The smallest absolute Gasteiger partial charge is 0.268 e. The molecule has 1 fully saturated rings. The lowest BCUT2D eigenvalue weighted by molar-refractivity contribution is -0.129. The van der Waals surface area contributed by atoms with Gasteiger partial charge in [-0.25, -0.2) is 4.39 Å². The summed E-state index contributed by atoms with van der Waals surface area (Å²) in [5, 5.41) is 13.6. The quantitative estimate of drug-likeness (QED) is 0.463. The molecule has 2 N–H and O–H groups in total. The predicted octanol–water partition coefficient (Wildman–Crippen LogP) is 0.982. The molecule has 0 atom stereocenters. The number of morpholine rings is 1. The van der Waals surface area contributed by atoms with Gasteiger partial charge >= 0.3 is 0 Å². The minimum absolute atomic E-state index is 0.0346. The first-order chi connectivity index (χ1) is 17.7. The van der Waals surface area contributed by atoms with Crippen LogP contribution in [0.5, 0.6) is 5.75 Å². The Hall–Kier alpha value is -3.83. The maximum absolute atomic E-state index is 13.5. The van der Waals surface area contributed by atoms with Crippen LogP contribution in [0.3, 0.4) is 0 Å². The summed E-state index contributed by atoms with van der Waals surface area (Å²) < 4.78 is 19.8. The number of nitrogens with zero attached hydrogens (tertiary/aromatic N) is 4. The molecule has 0 bridgehead atoms. The molecule has 1 saturated heterocycles. The van der Waals surface area contributed by atoms with Gasteiger partial charge in [0.1, 0.15) is 23.4 Å². The number of nitrogens with one attached hydrogen (secondary N) is 1. The molecule has 0 aliphatic carbocycles. The highest BCUT2D eigenvalue weighted by atomic mass is 19.1. The van der Waals surface area contributed by atoms with E-state index in [0.29, 0.717) is 31.7 Å². The molecular weight excluding hydrogens is 481 g/mol. The number of benzene rings is 1. The van der Waals surface area contributed by atoms with Gasteiger partial charge in [0.05, 0.1) is 18.7 Å². The molecule has 0 radical (unpaired) electrons. The SMILES string of the molecule is CN(C)C(=O)Cn1c(=O)c(C(=O)NCCN2CCOCC2)c(O)c2ncc(Cc3ccc(F)cc3)cc21. The normalized spacial score (nSPS) is 14.0. The molecule has 10 nitrogen and oxygen atoms in total. The van der Waals surface area contributed by atoms with E-state index < -0.39 is 22.8 Å². The Morgan fingerprint density at radius 1 is 1.16 bits per heavy atom. The van der Waals surface area contributed by atoms with Crippen LogP contribution in [-0.2, 0) is 22.5 Å². The third-order valence-corrected chi connectivity index (χ3v) is 6.29. The summed E-state index contributed by atoms with van der Waals surface area (Å²) in [5.41, 5.74) is 0.520. The van der Waals surface area contributed by atoms with Gasteiger partial charge in [-0.3, -0.25) is 28.8 Å². The maximum Gasteiger partial charge on any atom is 0.268 e. The number of aromatic hydroxyl groups is 1. The van der Waals surface area contributed by atoms with E-state index in [1.54, 1.807) is 32.3 Å². The lowest BCUT2D eigenvalue weighted by Crippen LogP contribution is -2.42. The van der Waals surface area contributed by atoms with E-state index in [-0.39, 0.29) is 35.8 Å². The molecular formula is C26H30FN5O5. The molecule has 1 aromatic carbocycles. The van der Waals surface area contributed by atoms with Crippen LogP contribution in [0.1, 0.15) is 21.5 Å². The lowest BCUT2D eigenvalue weighted by Gasteiger charge is -2.26. The van der Waals surface area contributed by atoms with Gasteiger partial charge in [-0.05, 0) is 35.7 Å². The van der Waals surface area contributed by atoms with Crippen LogP contribution in [0.2, 0.25) is 0 Å². The minimum Gasteiger partial charge on any atom is -0.505 e. The first-order valence-electron chi connectivity index (χ1n) is 12.0. The van der Waals surface area contributed by atoms with E-state index in [2.05, 4.69) is 15.2 Å². The zero-order chi connectivity index (χ0) is 26.5. The summed E-state index contributed by atoms with van der Waals surface area (Å²) in [6, 6.07) is 7.64. The number of fused-ring (bicyclic) bond motifs is 1. The number of aromatic nitrogens is 2. The summed E-state index contributed by atoms with van der Waals surface area (Å²) in [7, 11) is 3.13. The average molecular weight is 512 g/mol. The Bertz CT molecular complexity index is 1350. The molecule has 0 spiro atoms. The number of likely N-dealkylation sites (N-methyl/N-ethyl adjacent to an activating group) is 1. The monoisotopic (exact) mass is 511 g/mol. The van der Waals surface area contributed by atoms with Gasteiger partial charge in [-0.1, -0.05) is 12.1 Å². The van der Waals surface area contributed by atoms with Crippen molar-refractivity contribution in [3.8, 4) is 5.75 Å². The predicted molar refractivity (Wildman–Crippen MR) is 135 cm³/mol. The highest BCUT2D eigenvalue weighted by Gasteiger charge is 2.25. The molecule has 196 valence electrons. The molecule has 4 rings (SSSR count). The van der Waals surface area contributed by atoms with Gasteiger partial charge < -0.3 is 20.1 Å². The fourth-order valence-corrected chi connectivity index (χ4v) is 4.16. The van der Waals surface area contributed by atoms with Crippen molar-refractivity contribution in [2.24, 2.45) is 0 Å². The Morgan fingerprint density at radius 3 is 2.54 bits per heavy atom. The number of carbonyl (C=O) groups excluding carboxylic acids is 2. The third-order valence-electron chi connectivity index (χ3n) is 6.29. The Labute approximate surface area is 213 Å². The van der Waals surface area contributed by atoms with Crippen molar-refractivity contribution in [3.05, 3.63) is 69.4 Å². The van der Waals surface area contributed by atoms with Crippen molar-refractivity contribution in [2.45, 2.75) is 13.0 Å². The van der Waals surface area contributed by atoms with Crippen molar-refractivity contribution >= 4 is 22.8 Å². The molecule has 2 aromatic heterocycles. The molecule has 11 heteroatoms. The summed E-state index contributed by atoms with van der Waals surface area (Å²) in [6.45, 7) is 3.26. The van der Waals surface area contributed by atoms with Gasteiger partial charge in [-0.15, -0.1) is 0 Å². The van der Waals surface area contributed by atoms with E-state index in [9.17, 15) is 23.9 Å². The van der Waals surface area contributed by atoms with Gasteiger partial charge in [0.25, 0.3) is 11.5 Å². The highest BCUT2D eigenvalue weighted by molar-refractivity contribution is 6.01. The van der Waals surface area contributed by atoms with Gasteiger partial charge in [-0.2, -0.15) is 0 Å². The average Bonchev–Trinajstić information content (AvgIpc) is 2.88. The van der Waals surface area contributed by atoms with Crippen LogP contribution < -0.4 is 10.9 Å². The fourth-order valence-electron chi connectivity index (χ4n) is 4.16. The van der Waals surface area contributed by atoms with Crippen LogP contribution in [0, 0.1) is 5.82 Å². The zero-order valence-corrected chi connectivity index (χ0v) is 20.9. The van der Waals surface area contributed by atoms with Gasteiger partial charge in [0, 0.05) is 46.5 Å². The first-order valence-corrected chi connectivity index (χ1v) is 12.0. The molecule has 37 heavy (non-hydrogen) atoms. The fraction of sp³-hybridized carbons (Fsp3) is 0.385.